The Bertz CT molecular complexity index is 424. The van der Waals surface area contributed by atoms with Crippen molar-refractivity contribution >= 4 is 18.5 Å². The van der Waals surface area contributed by atoms with E-state index in [0.717, 1.165) is 12.8 Å². The first kappa shape index (κ1) is 22.2. The van der Waals surface area contributed by atoms with Gasteiger partial charge in [-0.1, -0.05) is 13.3 Å². The van der Waals surface area contributed by atoms with Crippen LogP contribution in [-0.2, 0) is 14.3 Å². The minimum absolute atomic E-state index is 0.0393. The summed E-state index contributed by atoms with van der Waals surface area (Å²) in [4.78, 5) is 36.8. The van der Waals surface area contributed by atoms with E-state index < -0.39 is 29.4 Å². The van der Waals surface area contributed by atoms with Crippen molar-refractivity contribution in [2.24, 2.45) is 0 Å². The standard InChI is InChI=1S/C17H32N2O5/c1-8-9-10-19(15(22)24-17(5,6)7)11-13(12-20)18-14(21)23-16(2,3)4/h12-13H,8-11H2,1-7H3,(H,18,21). The van der Waals surface area contributed by atoms with Gasteiger partial charge in [0.15, 0.2) is 0 Å². The molecule has 0 rings (SSSR count). The van der Waals surface area contributed by atoms with Crippen LogP contribution in [0.25, 0.3) is 0 Å². The predicted molar refractivity (Wildman–Crippen MR) is 91.9 cm³/mol. The highest BCUT2D eigenvalue weighted by atomic mass is 16.6. The highest BCUT2D eigenvalue weighted by Crippen LogP contribution is 2.11. The lowest BCUT2D eigenvalue weighted by Gasteiger charge is -2.29. The average Bonchev–Trinajstić information content (AvgIpc) is 2.37. The lowest BCUT2D eigenvalue weighted by atomic mass is 10.2. The highest BCUT2D eigenvalue weighted by molar-refractivity contribution is 5.74. The molecular formula is C17H32N2O5. The van der Waals surface area contributed by atoms with Crippen molar-refractivity contribution in [2.75, 3.05) is 13.1 Å². The van der Waals surface area contributed by atoms with Crippen LogP contribution in [0.5, 0.6) is 0 Å². The van der Waals surface area contributed by atoms with Gasteiger partial charge in [-0.2, -0.15) is 0 Å². The summed E-state index contributed by atoms with van der Waals surface area (Å²) in [5, 5.41) is 2.47. The zero-order chi connectivity index (χ0) is 19.0. The lowest BCUT2D eigenvalue weighted by molar-refractivity contribution is -0.110. The number of carbonyl (C=O) groups excluding carboxylic acids is 3. The van der Waals surface area contributed by atoms with Crippen LogP contribution < -0.4 is 5.32 Å². The monoisotopic (exact) mass is 344 g/mol. The van der Waals surface area contributed by atoms with E-state index in [2.05, 4.69) is 5.32 Å². The molecule has 2 amide bonds. The Labute approximate surface area is 145 Å². The third kappa shape index (κ3) is 10.9. The molecule has 7 heteroatoms. The molecule has 0 spiro atoms. The van der Waals surface area contributed by atoms with E-state index in [1.165, 1.54) is 4.90 Å². The molecule has 0 fully saturated rings. The van der Waals surface area contributed by atoms with Crippen molar-refractivity contribution in [3.8, 4) is 0 Å². The van der Waals surface area contributed by atoms with Crippen LogP contribution in [0.15, 0.2) is 0 Å². The number of carbonyl (C=O) groups is 3. The Morgan fingerprint density at radius 3 is 2.04 bits per heavy atom. The Morgan fingerprint density at radius 1 is 1.08 bits per heavy atom. The van der Waals surface area contributed by atoms with E-state index in [-0.39, 0.29) is 6.54 Å². The zero-order valence-corrected chi connectivity index (χ0v) is 16.0. The summed E-state index contributed by atoms with van der Waals surface area (Å²) in [6.45, 7) is 13.0. The molecule has 0 saturated carbocycles. The minimum Gasteiger partial charge on any atom is -0.444 e. The van der Waals surface area contributed by atoms with Gasteiger partial charge in [-0.05, 0) is 48.0 Å². The topological polar surface area (TPSA) is 84.9 Å². The van der Waals surface area contributed by atoms with E-state index in [1.807, 2.05) is 6.92 Å². The van der Waals surface area contributed by atoms with Gasteiger partial charge in [0.1, 0.15) is 23.5 Å². The molecule has 0 aliphatic rings. The third-order valence-corrected chi connectivity index (χ3v) is 2.72. The molecular weight excluding hydrogens is 312 g/mol. The number of hydrogen-bond donors (Lipinski definition) is 1. The Morgan fingerprint density at radius 2 is 1.62 bits per heavy atom. The maximum atomic E-state index is 12.3. The molecule has 7 nitrogen and oxygen atoms in total. The number of ether oxygens (including phenoxy) is 2. The normalized spacial score (nSPS) is 13.0. The average molecular weight is 344 g/mol. The Hall–Kier alpha value is -1.79. The van der Waals surface area contributed by atoms with Crippen LogP contribution in [0.3, 0.4) is 0 Å². The number of hydrogen-bond acceptors (Lipinski definition) is 5. The predicted octanol–water partition coefficient (Wildman–Crippen LogP) is 3.12. The smallest absolute Gasteiger partial charge is 0.410 e. The van der Waals surface area contributed by atoms with Crippen molar-refractivity contribution in [3.63, 3.8) is 0 Å². The van der Waals surface area contributed by atoms with Gasteiger partial charge in [-0.25, -0.2) is 9.59 Å². The van der Waals surface area contributed by atoms with Crippen LogP contribution in [0.4, 0.5) is 9.59 Å². The van der Waals surface area contributed by atoms with Crippen molar-refractivity contribution in [2.45, 2.75) is 78.6 Å². The fourth-order valence-electron chi connectivity index (χ4n) is 1.75. The van der Waals surface area contributed by atoms with Gasteiger partial charge in [-0.3, -0.25) is 0 Å². The minimum atomic E-state index is -0.857. The van der Waals surface area contributed by atoms with Gasteiger partial charge in [0.25, 0.3) is 0 Å². The Balaban J connectivity index is 4.85. The largest absolute Gasteiger partial charge is 0.444 e. The molecule has 140 valence electrons. The first-order valence-corrected chi connectivity index (χ1v) is 8.30. The van der Waals surface area contributed by atoms with Crippen LogP contribution >= 0.6 is 0 Å². The van der Waals surface area contributed by atoms with Crippen molar-refractivity contribution in [1.29, 1.82) is 0 Å². The van der Waals surface area contributed by atoms with Crippen LogP contribution in [-0.4, -0.2) is 53.7 Å². The number of alkyl carbamates (subject to hydrolysis) is 1. The molecule has 0 radical (unpaired) electrons. The summed E-state index contributed by atoms with van der Waals surface area (Å²) in [5.74, 6) is 0. The quantitative estimate of drug-likeness (QED) is 0.717. The van der Waals surface area contributed by atoms with Crippen LogP contribution in [0.1, 0.15) is 61.3 Å². The second-order valence-electron chi connectivity index (χ2n) is 7.67. The summed E-state index contributed by atoms with van der Waals surface area (Å²) < 4.78 is 10.5. The van der Waals surface area contributed by atoms with Gasteiger partial charge in [-0.15, -0.1) is 0 Å². The maximum Gasteiger partial charge on any atom is 0.410 e. The summed E-state index contributed by atoms with van der Waals surface area (Å²) in [6.07, 6.45) is 1.06. The molecule has 24 heavy (non-hydrogen) atoms. The molecule has 1 N–H and O–H groups in total. The van der Waals surface area contributed by atoms with E-state index in [0.29, 0.717) is 12.8 Å². The first-order valence-electron chi connectivity index (χ1n) is 8.30. The number of nitrogens with zero attached hydrogens (tertiary/aromatic N) is 1. The highest BCUT2D eigenvalue weighted by Gasteiger charge is 2.26. The third-order valence-electron chi connectivity index (χ3n) is 2.72. The van der Waals surface area contributed by atoms with Gasteiger partial charge in [0.2, 0.25) is 0 Å². The van der Waals surface area contributed by atoms with Crippen molar-refractivity contribution < 1.29 is 23.9 Å². The molecule has 0 aromatic carbocycles. The van der Waals surface area contributed by atoms with Crippen molar-refractivity contribution in [3.05, 3.63) is 0 Å². The number of unbranched alkanes of at least 4 members (excludes halogenated alkanes) is 1. The van der Waals surface area contributed by atoms with E-state index >= 15 is 0 Å². The second-order valence-corrected chi connectivity index (χ2v) is 7.67. The van der Waals surface area contributed by atoms with E-state index in [4.69, 9.17) is 9.47 Å². The van der Waals surface area contributed by atoms with Crippen LogP contribution in [0, 0.1) is 0 Å². The van der Waals surface area contributed by atoms with Gasteiger partial charge in [0, 0.05) is 6.54 Å². The molecule has 0 saturated heterocycles. The summed E-state index contributed by atoms with van der Waals surface area (Å²) >= 11 is 0. The first-order chi connectivity index (χ1) is 10.9. The molecule has 1 unspecified atom stereocenters. The number of aldehydes is 1. The molecule has 0 aromatic heterocycles. The summed E-state index contributed by atoms with van der Waals surface area (Å²) in [6, 6.07) is -0.857. The summed E-state index contributed by atoms with van der Waals surface area (Å²) in [7, 11) is 0. The van der Waals surface area contributed by atoms with Crippen LogP contribution in [0.2, 0.25) is 0 Å². The van der Waals surface area contributed by atoms with E-state index in [9.17, 15) is 14.4 Å². The molecule has 1 atom stereocenters. The SMILES string of the molecule is CCCCN(CC(C=O)NC(=O)OC(C)(C)C)C(=O)OC(C)(C)C. The number of amides is 2. The van der Waals surface area contributed by atoms with Gasteiger partial charge in [0.05, 0.1) is 6.54 Å². The number of rotatable bonds is 7. The Kier molecular flexibility index (Phi) is 8.78. The maximum absolute atomic E-state index is 12.3. The fraction of sp³-hybridized carbons (Fsp3) is 0.824. The van der Waals surface area contributed by atoms with Crippen molar-refractivity contribution in [1.82, 2.24) is 10.2 Å². The second kappa shape index (κ2) is 9.49. The molecule has 0 aliphatic heterocycles. The number of nitrogens with one attached hydrogen (secondary N) is 1. The zero-order valence-electron chi connectivity index (χ0n) is 16.0. The van der Waals surface area contributed by atoms with E-state index in [1.54, 1.807) is 41.5 Å². The molecule has 0 aliphatic carbocycles. The van der Waals surface area contributed by atoms with Gasteiger partial charge >= 0.3 is 12.2 Å². The lowest BCUT2D eigenvalue weighted by Crippen LogP contribution is -2.49. The van der Waals surface area contributed by atoms with Gasteiger partial charge < -0.3 is 24.5 Å². The molecule has 0 bridgehead atoms. The molecule has 0 heterocycles. The molecule has 0 aromatic rings. The fourth-order valence-corrected chi connectivity index (χ4v) is 1.75. The summed E-state index contributed by atoms with van der Waals surface area (Å²) in [5.41, 5.74) is -1.29.